The molecule has 1 heterocycles. The van der Waals surface area contributed by atoms with Crippen molar-refractivity contribution >= 4 is 24.0 Å². The highest BCUT2D eigenvalue weighted by Crippen LogP contribution is 2.35. The van der Waals surface area contributed by atoms with Crippen molar-refractivity contribution in [1.29, 1.82) is 0 Å². The van der Waals surface area contributed by atoms with Gasteiger partial charge in [0.1, 0.15) is 12.3 Å². The normalized spacial score (nSPS) is 11.7. The van der Waals surface area contributed by atoms with E-state index in [-0.39, 0.29) is 10.5 Å². The highest BCUT2D eigenvalue weighted by molar-refractivity contribution is 7.70. The van der Waals surface area contributed by atoms with Crippen LogP contribution in [0.1, 0.15) is 0 Å². The Morgan fingerprint density at radius 3 is 2.50 bits per heavy atom. The quantitative estimate of drug-likeness (QED) is 0.522. The minimum Gasteiger partial charge on any atom is -0.319 e. The lowest BCUT2D eigenvalue weighted by atomic mass is 10.5. The molecule has 0 aliphatic heterocycles. The van der Waals surface area contributed by atoms with Gasteiger partial charge in [-0.25, -0.2) is 4.98 Å². The molecule has 2 nitrogen and oxygen atoms in total. The Hall–Kier alpha value is -0.400. The molecular formula is C7H8ClFNOP. The molecule has 0 saturated heterocycles. The lowest BCUT2D eigenvalue weighted by molar-refractivity contribution is 0.576. The van der Waals surface area contributed by atoms with E-state index in [1.54, 1.807) is 0 Å². The maximum absolute atomic E-state index is 13.0. The highest BCUT2D eigenvalue weighted by atomic mass is 35.5. The van der Waals surface area contributed by atoms with Crippen LogP contribution in [-0.4, -0.2) is 18.3 Å². The fourth-order valence-corrected chi connectivity index (χ4v) is 1.87. The second-order valence-electron chi connectivity index (χ2n) is 2.79. The van der Waals surface area contributed by atoms with Crippen LogP contribution in [0.2, 0.25) is 5.15 Å². The maximum Gasteiger partial charge on any atom is 0.225 e. The minimum absolute atomic E-state index is 0.0738. The number of rotatable bonds is 1. The summed E-state index contributed by atoms with van der Waals surface area (Å²) >= 11 is 5.43. The lowest BCUT2D eigenvalue weighted by Crippen LogP contribution is -2.10. The lowest BCUT2D eigenvalue weighted by Gasteiger charge is -2.06. The zero-order chi connectivity index (χ0) is 9.35. The summed E-state index contributed by atoms with van der Waals surface area (Å²) in [7, 11) is -2.57. The van der Waals surface area contributed by atoms with Crippen molar-refractivity contribution in [3.8, 4) is 0 Å². The van der Waals surface area contributed by atoms with Crippen LogP contribution in [0.4, 0.5) is 4.39 Å². The molecular weight excluding hydrogens is 200 g/mol. The fourth-order valence-electron chi connectivity index (χ4n) is 0.806. The monoisotopic (exact) mass is 207 g/mol. The molecule has 66 valence electrons. The zero-order valence-electron chi connectivity index (χ0n) is 6.71. The summed E-state index contributed by atoms with van der Waals surface area (Å²) in [6.07, 6.45) is 0. The number of halogens is 2. The molecule has 0 amide bonds. The van der Waals surface area contributed by atoms with Crippen LogP contribution in [0, 0.1) is 5.95 Å². The Bertz CT molecular complexity index is 349. The van der Waals surface area contributed by atoms with Gasteiger partial charge in [-0.2, -0.15) is 4.39 Å². The first-order valence-corrected chi connectivity index (χ1v) is 6.27. The summed E-state index contributed by atoms with van der Waals surface area (Å²) < 4.78 is 24.4. The molecule has 1 rings (SSSR count). The molecule has 0 saturated carbocycles. The van der Waals surface area contributed by atoms with Gasteiger partial charge < -0.3 is 4.57 Å². The first-order valence-electron chi connectivity index (χ1n) is 3.29. The molecule has 0 aliphatic rings. The summed E-state index contributed by atoms with van der Waals surface area (Å²) in [5, 5.41) is 0.219. The van der Waals surface area contributed by atoms with E-state index in [1.807, 2.05) is 0 Å². The average Bonchev–Trinajstić information content (AvgIpc) is 1.83. The van der Waals surface area contributed by atoms with Crippen molar-refractivity contribution in [3.63, 3.8) is 0 Å². The minimum atomic E-state index is -2.57. The number of nitrogens with zero attached hydrogens (tertiary/aromatic N) is 1. The van der Waals surface area contributed by atoms with Crippen molar-refractivity contribution in [2.24, 2.45) is 0 Å². The Labute approximate surface area is 75.1 Å². The average molecular weight is 208 g/mol. The van der Waals surface area contributed by atoms with Crippen LogP contribution in [0.15, 0.2) is 12.1 Å². The fraction of sp³-hybridized carbons (Fsp3) is 0.286. The third-order valence-electron chi connectivity index (χ3n) is 1.38. The molecule has 0 fully saturated rings. The van der Waals surface area contributed by atoms with Crippen molar-refractivity contribution < 1.29 is 8.96 Å². The first-order chi connectivity index (χ1) is 5.41. The summed E-state index contributed by atoms with van der Waals surface area (Å²) in [5.41, 5.74) is 0. The van der Waals surface area contributed by atoms with Gasteiger partial charge in [-0.15, -0.1) is 0 Å². The van der Waals surface area contributed by atoms with Crippen LogP contribution in [0.3, 0.4) is 0 Å². The van der Waals surface area contributed by atoms with Gasteiger partial charge in [-0.1, -0.05) is 11.6 Å². The molecule has 0 aromatic carbocycles. The van der Waals surface area contributed by atoms with E-state index in [2.05, 4.69) is 4.98 Å². The molecule has 0 N–H and O–H groups in total. The topological polar surface area (TPSA) is 30.0 Å². The van der Waals surface area contributed by atoms with Gasteiger partial charge in [0.15, 0.2) is 0 Å². The van der Waals surface area contributed by atoms with Gasteiger partial charge in [0, 0.05) is 0 Å². The van der Waals surface area contributed by atoms with Gasteiger partial charge >= 0.3 is 0 Å². The van der Waals surface area contributed by atoms with Gasteiger partial charge in [0.25, 0.3) is 0 Å². The standard InChI is InChI=1S/C7H8ClFNOP/c1-12(2,11)5-3-4-6(8)10-7(5)9/h3-4H,1-2H3. The van der Waals surface area contributed by atoms with Crippen molar-refractivity contribution in [2.75, 3.05) is 13.3 Å². The van der Waals surface area contributed by atoms with E-state index < -0.39 is 13.1 Å². The van der Waals surface area contributed by atoms with Crippen molar-refractivity contribution in [1.82, 2.24) is 4.98 Å². The van der Waals surface area contributed by atoms with E-state index in [1.165, 1.54) is 25.5 Å². The van der Waals surface area contributed by atoms with Crippen LogP contribution < -0.4 is 5.30 Å². The predicted octanol–water partition coefficient (Wildman–Crippen LogP) is 2.12. The maximum atomic E-state index is 13.0. The zero-order valence-corrected chi connectivity index (χ0v) is 8.36. The molecule has 1 aromatic heterocycles. The predicted molar refractivity (Wildman–Crippen MR) is 48.3 cm³/mol. The highest BCUT2D eigenvalue weighted by Gasteiger charge is 2.17. The van der Waals surface area contributed by atoms with Gasteiger partial charge in [-0.3, -0.25) is 0 Å². The van der Waals surface area contributed by atoms with Crippen LogP contribution >= 0.6 is 18.7 Å². The number of hydrogen-bond acceptors (Lipinski definition) is 2. The van der Waals surface area contributed by atoms with Crippen molar-refractivity contribution in [3.05, 3.63) is 23.2 Å². The Morgan fingerprint density at radius 1 is 1.50 bits per heavy atom. The number of aromatic nitrogens is 1. The largest absolute Gasteiger partial charge is 0.319 e. The Balaban J connectivity index is 3.28. The van der Waals surface area contributed by atoms with Gasteiger partial charge in [0.2, 0.25) is 5.95 Å². The Kier molecular flexibility index (Phi) is 2.55. The molecule has 0 radical (unpaired) electrons. The van der Waals surface area contributed by atoms with Crippen molar-refractivity contribution in [2.45, 2.75) is 0 Å². The summed E-state index contributed by atoms with van der Waals surface area (Å²) in [4.78, 5) is 3.37. The van der Waals surface area contributed by atoms with Gasteiger partial charge in [-0.05, 0) is 25.5 Å². The smallest absolute Gasteiger partial charge is 0.225 e. The second-order valence-corrected chi connectivity index (χ2v) is 6.37. The molecule has 0 bridgehead atoms. The van der Waals surface area contributed by atoms with E-state index in [0.717, 1.165) is 0 Å². The SMILES string of the molecule is CP(C)(=O)c1ccc(Cl)nc1F. The van der Waals surface area contributed by atoms with Crippen LogP contribution in [0.25, 0.3) is 0 Å². The summed E-state index contributed by atoms with van der Waals surface area (Å²) in [6, 6.07) is 2.84. The molecule has 12 heavy (non-hydrogen) atoms. The molecule has 0 aliphatic carbocycles. The van der Waals surface area contributed by atoms with Crippen LogP contribution in [-0.2, 0) is 4.57 Å². The van der Waals surface area contributed by atoms with E-state index >= 15 is 0 Å². The third kappa shape index (κ3) is 2.05. The first kappa shape index (κ1) is 9.69. The van der Waals surface area contributed by atoms with E-state index in [0.29, 0.717) is 0 Å². The molecule has 0 atom stereocenters. The molecule has 0 unspecified atom stereocenters. The molecule has 5 heteroatoms. The second kappa shape index (κ2) is 3.15. The van der Waals surface area contributed by atoms with E-state index in [4.69, 9.17) is 11.6 Å². The summed E-state index contributed by atoms with van der Waals surface area (Å²) in [5.74, 6) is -0.740. The third-order valence-corrected chi connectivity index (χ3v) is 3.08. The Morgan fingerprint density at radius 2 is 2.08 bits per heavy atom. The van der Waals surface area contributed by atoms with E-state index in [9.17, 15) is 8.96 Å². The van der Waals surface area contributed by atoms with Gasteiger partial charge in [0.05, 0.1) is 5.30 Å². The van der Waals surface area contributed by atoms with Crippen LogP contribution in [0.5, 0.6) is 0 Å². The number of hydrogen-bond donors (Lipinski definition) is 0. The molecule has 1 aromatic rings. The molecule has 0 spiro atoms. The summed E-state index contributed by atoms with van der Waals surface area (Å²) in [6.45, 7) is 2.97. The number of pyridine rings is 1.